The van der Waals surface area contributed by atoms with Crippen LogP contribution in [0.2, 0.25) is 0 Å². The third kappa shape index (κ3) is 6.38. The Morgan fingerprint density at radius 3 is 2.24 bits per heavy atom. The van der Waals surface area contributed by atoms with E-state index in [2.05, 4.69) is 10.1 Å². The van der Waals surface area contributed by atoms with Crippen molar-refractivity contribution < 1.29 is 31.9 Å². The molecule has 0 atom stereocenters. The SMILES string of the molecule is COc1ccc(-c2noc(CN(C)Cc3cc(C)c(OCC(F)(F)F)c(C)c3)n2)cc1OC. The monoisotopic (exact) mass is 465 g/mol. The summed E-state index contributed by atoms with van der Waals surface area (Å²) in [5.74, 6) is 2.28. The number of ether oxygens (including phenoxy) is 3. The fourth-order valence-corrected chi connectivity index (χ4v) is 3.52. The van der Waals surface area contributed by atoms with E-state index in [4.69, 9.17) is 18.7 Å². The van der Waals surface area contributed by atoms with Crippen molar-refractivity contribution in [1.82, 2.24) is 15.0 Å². The van der Waals surface area contributed by atoms with Gasteiger partial charge in [-0.05, 0) is 55.8 Å². The zero-order valence-corrected chi connectivity index (χ0v) is 19.1. The minimum absolute atomic E-state index is 0.259. The smallest absolute Gasteiger partial charge is 0.422 e. The predicted octanol–water partition coefficient (Wildman–Crippen LogP) is 4.94. The Labute approximate surface area is 190 Å². The van der Waals surface area contributed by atoms with Crippen molar-refractivity contribution in [3.05, 3.63) is 52.9 Å². The minimum atomic E-state index is -4.38. The van der Waals surface area contributed by atoms with Crippen LogP contribution in [-0.4, -0.2) is 49.1 Å². The summed E-state index contributed by atoms with van der Waals surface area (Å²) in [7, 11) is 5.00. The molecule has 0 saturated heterocycles. The Hall–Kier alpha value is -3.27. The van der Waals surface area contributed by atoms with Gasteiger partial charge in [-0.1, -0.05) is 17.3 Å². The van der Waals surface area contributed by atoms with Crippen LogP contribution in [0.4, 0.5) is 13.2 Å². The van der Waals surface area contributed by atoms with Crippen LogP contribution < -0.4 is 14.2 Å². The first-order valence-corrected chi connectivity index (χ1v) is 10.1. The molecule has 33 heavy (non-hydrogen) atoms. The van der Waals surface area contributed by atoms with Crippen LogP contribution in [0.25, 0.3) is 11.4 Å². The largest absolute Gasteiger partial charge is 0.493 e. The fourth-order valence-electron chi connectivity index (χ4n) is 3.52. The van der Waals surface area contributed by atoms with Crippen molar-refractivity contribution in [2.24, 2.45) is 0 Å². The fraction of sp³-hybridized carbons (Fsp3) is 0.391. The number of alkyl halides is 3. The van der Waals surface area contributed by atoms with E-state index >= 15 is 0 Å². The van der Waals surface area contributed by atoms with Crippen LogP contribution in [-0.2, 0) is 13.1 Å². The van der Waals surface area contributed by atoms with Gasteiger partial charge in [-0.25, -0.2) is 0 Å². The lowest BCUT2D eigenvalue weighted by Crippen LogP contribution is -2.20. The van der Waals surface area contributed by atoms with Crippen molar-refractivity contribution in [1.29, 1.82) is 0 Å². The molecule has 1 heterocycles. The molecular formula is C23H26F3N3O4. The molecule has 10 heteroatoms. The number of aryl methyl sites for hydroxylation is 2. The molecule has 2 aromatic carbocycles. The maximum atomic E-state index is 12.5. The lowest BCUT2D eigenvalue weighted by Gasteiger charge is -2.18. The van der Waals surface area contributed by atoms with E-state index in [1.807, 2.05) is 30.1 Å². The molecule has 0 aliphatic rings. The number of rotatable bonds is 9. The van der Waals surface area contributed by atoms with Crippen molar-refractivity contribution >= 4 is 0 Å². The number of aromatic nitrogens is 2. The molecule has 178 valence electrons. The molecular weight excluding hydrogens is 439 g/mol. The van der Waals surface area contributed by atoms with Gasteiger partial charge in [0.15, 0.2) is 18.1 Å². The van der Waals surface area contributed by atoms with Crippen molar-refractivity contribution in [2.45, 2.75) is 33.1 Å². The number of methoxy groups -OCH3 is 2. The van der Waals surface area contributed by atoms with Gasteiger partial charge < -0.3 is 18.7 Å². The van der Waals surface area contributed by atoms with Gasteiger partial charge >= 0.3 is 6.18 Å². The van der Waals surface area contributed by atoms with Gasteiger partial charge in [0.1, 0.15) is 5.75 Å². The maximum absolute atomic E-state index is 12.5. The Morgan fingerprint density at radius 1 is 0.970 bits per heavy atom. The Bertz CT molecular complexity index is 1080. The van der Waals surface area contributed by atoms with Gasteiger partial charge in [0, 0.05) is 12.1 Å². The third-order valence-electron chi connectivity index (χ3n) is 4.87. The minimum Gasteiger partial charge on any atom is -0.493 e. The van der Waals surface area contributed by atoms with Gasteiger partial charge in [-0.2, -0.15) is 18.2 Å². The maximum Gasteiger partial charge on any atom is 0.422 e. The lowest BCUT2D eigenvalue weighted by molar-refractivity contribution is -0.153. The highest BCUT2D eigenvalue weighted by Gasteiger charge is 2.29. The molecule has 1 aromatic heterocycles. The van der Waals surface area contributed by atoms with Crippen LogP contribution >= 0.6 is 0 Å². The molecule has 0 radical (unpaired) electrons. The zero-order chi connectivity index (χ0) is 24.2. The molecule has 0 fully saturated rings. The second kappa shape index (κ2) is 10.1. The number of halogens is 3. The number of hydrogen-bond donors (Lipinski definition) is 0. The van der Waals surface area contributed by atoms with Gasteiger partial charge in [0.2, 0.25) is 11.7 Å². The molecule has 0 bridgehead atoms. The molecule has 0 amide bonds. The summed E-state index contributed by atoms with van der Waals surface area (Å²) in [6.07, 6.45) is -4.38. The van der Waals surface area contributed by atoms with Crippen LogP contribution in [0.3, 0.4) is 0 Å². The van der Waals surface area contributed by atoms with E-state index in [-0.39, 0.29) is 5.75 Å². The highest BCUT2D eigenvalue weighted by molar-refractivity contribution is 5.60. The molecule has 3 rings (SSSR count). The summed E-state index contributed by atoms with van der Waals surface area (Å²) < 4.78 is 58.4. The molecule has 0 unspecified atom stereocenters. The highest BCUT2D eigenvalue weighted by atomic mass is 19.4. The summed E-state index contributed by atoms with van der Waals surface area (Å²) >= 11 is 0. The summed E-state index contributed by atoms with van der Waals surface area (Å²) in [6.45, 7) is 3.08. The summed E-state index contributed by atoms with van der Waals surface area (Å²) in [5, 5.41) is 4.04. The quantitative estimate of drug-likeness (QED) is 0.443. The Kier molecular flexibility index (Phi) is 7.47. The number of hydrogen-bond acceptors (Lipinski definition) is 7. The van der Waals surface area contributed by atoms with E-state index in [0.717, 1.165) is 11.1 Å². The molecule has 7 nitrogen and oxygen atoms in total. The van der Waals surface area contributed by atoms with E-state index < -0.39 is 12.8 Å². The Balaban J connectivity index is 1.66. The first-order chi connectivity index (χ1) is 15.6. The molecule has 0 N–H and O–H groups in total. The first kappa shape index (κ1) is 24.4. The first-order valence-electron chi connectivity index (χ1n) is 10.1. The van der Waals surface area contributed by atoms with E-state index in [1.165, 1.54) is 0 Å². The standard InChI is InChI=1S/C23H26F3N3O4/c1-14-8-16(9-15(2)21(14)32-13-23(24,25)26)11-29(3)12-20-27-22(28-33-20)17-6-7-18(30-4)19(10-17)31-5/h6-10H,11-13H2,1-5H3. The third-order valence-corrected chi connectivity index (χ3v) is 4.87. The molecule has 0 spiro atoms. The number of benzene rings is 2. The van der Waals surface area contributed by atoms with Gasteiger partial charge in [0.25, 0.3) is 0 Å². The highest BCUT2D eigenvalue weighted by Crippen LogP contribution is 2.31. The topological polar surface area (TPSA) is 69.9 Å². The second-order valence-corrected chi connectivity index (χ2v) is 7.72. The lowest BCUT2D eigenvalue weighted by atomic mass is 10.1. The van der Waals surface area contributed by atoms with Crippen LogP contribution in [0.15, 0.2) is 34.9 Å². The normalized spacial score (nSPS) is 11.7. The average molecular weight is 465 g/mol. The summed E-state index contributed by atoms with van der Waals surface area (Å²) in [6, 6.07) is 8.98. The molecule has 0 aliphatic carbocycles. The van der Waals surface area contributed by atoms with Crippen LogP contribution in [0.1, 0.15) is 22.6 Å². The van der Waals surface area contributed by atoms with Crippen molar-refractivity contribution in [3.63, 3.8) is 0 Å². The second-order valence-electron chi connectivity index (χ2n) is 7.72. The average Bonchev–Trinajstić information content (AvgIpc) is 3.20. The molecule has 3 aromatic rings. The summed E-state index contributed by atoms with van der Waals surface area (Å²) in [5.41, 5.74) is 2.96. The van der Waals surface area contributed by atoms with Gasteiger partial charge in [-0.3, -0.25) is 4.90 Å². The van der Waals surface area contributed by atoms with E-state index in [9.17, 15) is 13.2 Å². The summed E-state index contributed by atoms with van der Waals surface area (Å²) in [4.78, 5) is 6.42. The van der Waals surface area contributed by atoms with Crippen molar-refractivity contribution in [3.8, 4) is 28.6 Å². The van der Waals surface area contributed by atoms with E-state index in [0.29, 0.717) is 47.4 Å². The predicted molar refractivity (Wildman–Crippen MR) is 115 cm³/mol. The molecule has 0 saturated carbocycles. The van der Waals surface area contributed by atoms with Gasteiger partial charge in [-0.15, -0.1) is 0 Å². The van der Waals surface area contributed by atoms with E-state index in [1.54, 1.807) is 40.2 Å². The van der Waals surface area contributed by atoms with Crippen LogP contribution in [0, 0.1) is 13.8 Å². The van der Waals surface area contributed by atoms with Crippen molar-refractivity contribution in [2.75, 3.05) is 27.9 Å². The Morgan fingerprint density at radius 2 is 1.64 bits per heavy atom. The number of nitrogens with zero attached hydrogens (tertiary/aromatic N) is 3. The molecule has 0 aliphatic heterocycles. The zero-order valence-electron chi connectivity index (χ0n) is 19.1. The van der Waals surface area contributed by atoms with Crippen LogP contribution in [0.5, 0.6) is 17.2 Å². The van der Waals surface area contributed by atoms with Gasteiger partial charge in [0.05, 0.1) is 20.8 Å².